The minimum atomic E-state index is -0.843. The van der Waals surface area contributed by atoms with Gasteiger partial charge in [0.1, 0.15) is 23.3 Å². The van der Waals surface area contributed by atoms with Crippen LogP contribution in [0.25, 0.3) is 0 Å². The molecule has 0 radical (unpaired) electrons. The summed E-state index contributed by atoms with van der Waals surface area (Å²) in [7, 11) is 3.06. The zero-order valence-electron chi connectivity index (χ0n) is 22.6. The van der Waals surface area contributed by atoms with Crippen molar-refractivity contribution in [1.82, 2.24) is 10.2 Å². The fraction of sp³-hybridized carbons (Fsp3) is 0.333. The van der Waals surface area contributed by atoms with Crippen molar-refractivity contribution in [3.8, 4) is 17.2 Å². The van der Waals surface area contributed by atoms with Crippen molar-refractivity contribution >= 4 is 35.0 Å². The lowest BCUT2D eigenvalue weighted by Crippen LogP contribution is -2.53. The van der Waals surface area contributed by atoms with Gasteiger partial charge in [-0.05, 0) is 31.0 Å². The van der Waals surface area contributed by atoms with Crippen molar-refractivity contribution in [2.75, 3.05) is 20.8 Å². The highest BCUT2D eigenvalue weighted by Crippen LogP contribution is 2.29. The quantitative estimate of drug-likeness (QED) is 0.274. The number of rotatable bonds is 13. The highest BCUT2D eigenvalue weighted by molar-refractivity contribution is 6.36. The Morgan fingerprint density at radius 1 is 0.897 bits per heavy atom. The molecule has 0 fully saturated rings. The minimum absolute atomic E-state index is 0.0214. The first-order valence-electron chi connectivity index (χ1n) is 12.7. The van der Waals surface area contributed by atoms with Gasteiger partial charge in [0.05, 0.1) is 14.2 Å². The van der Waals surface area contributed by atoms with E-state index < -0.39 is 11.9 Å². The fourth-order valence-corrected chi connectivity index (χ4v) is 4.46. The van der Waals surface area contributed by atoms with Gasteiger partial charge >= 0.3 is 0 Å². The molecule has 0 unspecified atom stereocenters. The Bertz CT molecular complexity index is 1210. The summed E-state index contributed by atoms with van der Waals surface area (Å²) in [6.07, 6.45) is 1.04. The maximum absolute atomic E-state index is 13.8. The van der Waals surface area contributed by atoms with Gasteiger partial charge in [-0.3, -0.25) is 9.59 Å². The van der Waals surface area contributed by atoms with Crippen molar-refractivity contribution < 1.29 is 23.8 Å². The van der Waals surface area contributed by atoms with E-state index in [-0.39, 0.29) is 25.1 Å². The number of amides is 2. The lowest BCUT2D eigenvalue weighted by atomic mass is 10.0. The number of nitrogens with zero attached hydrogens (tertiary/aromatic N) is 1. The Kier molecular flexibility index (Phi) is 11.3. The molecule has 0 saturated carbocycles. The summed E-state index contributed by atoms with van der Waals surface area (Å²) in [4.78, 5) is 28.9. The first-order chi connectivity index (χ1) is 18.7. The minimum Gasteiger partial charge on any atom is -0.496 e. The van der Waals surface area contributed by atoms with E-state index in [0.29, 0.717) is 39.3 Å². The number of benzene rings is 3. The van der Waals surface area contributed by atoms with Gasteiger partial charge in [0.15, 0.2) is 6.61 Å². The molecule has 2 atom stereocenters. The predicted octanol–water partition coefficient (Wildman–Crippen LogP) is 5.94. The average Bonchev–Trinajstić information content (AvgIpc) is 2.95. The molecule has 0 heterocycles. The summed E-state index contributed by atoms with van der Waals surface area (Å²) in [6, 6.07) is 18.8. The van der Waals surface area contributed by atoms with Crippen LogP contribution in [-0.4, -0.2) is 49.6 Å². The van der Waals surface area contributed by atoms with E-state index in [1.165, 1.54) is 19.1 Å². The molecule has 0 saturated heterocycles. The Balaban J connectivity index is 1.98. The first-order valence-corrected chi connectivity index (χ1v) is 13.4. The van der Waals surface area contributed by atoms with Gasteiger partial charge in [-0.25, -0.2) is 0 Å². The lowest BCUT2D eigenvalue weighted by molar-refractivity contribution is -0.143. The number of halogens is 2. The number of methoxy groups -OCH3 is 2. The normalized spacial score (nSPS) is 12.3. The monoisotopic (exact) mass is 572 g/mol. The molecule has 0 bridgehead atoms. The smallest absolute Gasteiger partial charge is 0.261 e. The van der Waals surface area contributed by atoms with E-state index in [0.717, 1.165) is 12.0 Å². The van der Waals surface area contributed by atoms with E-state index in [2.05, 4.69) is 5.32 Å². The number of carbonyl (C=O) groups excluding carboxylic acids is 2. The molecular weight excluding hydrogens is 539 g/mol. The van der Waals surface area contributed by atoms with Gasteiger partial charge in [-0.2, -0.15) is 0 Å². The van der Waals surface area contributed by atoms with E-state index in [1.807, 2.05) is 44.2 Å². The number of nitrogens with one attached hydrogen (secondary N) is 1. The Morgan fingerprint density at radius 3 is 2.05 bits per heavy atom. The molecule has 9 heteroatoms. The maximum Gasteiger partial charge on any atom is 0.261 e. The summed E-state index contributed by atoms with van der Waals surface area (Å²) >= 11 is 13.0. The molecule has 39 heavy (non-hydrogen) atoms. The van der Waals surface area contributed by atoms with Gasteiger partial charge in [0, 0.05) is 52.8 Å². The third-order valence-corrected chi connectivity index (χ3v) is 7.06. The zero-order valence-corrected chi connectivity index (χ0v) is 24.1. The van der Waals surface area contributed by atoms with Crippen molar-refractivity contribution in [3.05, 3.63) is 87.9 Å². The molecule has 208 valence electrons. The SMILES string of the molecule is CC[C@H](C)NC(=O)[C@@H](Cc1ccccc1)N(Cc1c(Cl)cccc1Cl)C(=O)COc1cc(OC)cc(OC)c1. The zero-order chi connectivity index (χ0) is 28.4. The molecule has 1 N–H and O–H groups in total. The Morgan fingerprint density at radius 2 is 1.49 bits per heavy atom. The second kappa shape index (κ2) is 14.7. The molecule has 7 nitrogen and oxygen atoms in total. The maximum atomic E-state index is 13.8. The molecule has 0 aliphatic carbocycles. The van der Waals surface area contributed by atoms with Crippen molar-refractivity contribution in [3.63, 3.8) is 0 Å². The summed E-state index contributed by atoms with van der Waals surface area (Å²) in [5, 5.41) is 3.84. The van der Waals surface area contributed by atoms with Crippen LogP contribution < -0.4 is 19.5 Å². The van der Waals surface area contributed by atoms with Gasteiger partial charge in [-0.1, -0.05) is 66.5 Å². The lowest BCUT2D eigenvalue weighted by Gasteiger charge is -2.32. The molecule has 0 aliphatic heterocycles. The van der Waals surface area contributed by atoms with Crippen LogP contribution >= 0.6 is 23.2 Å². The molecule has 0 aromatic heterocycles. The summed E-state index contributed by atoms with van der Waals surface area (Å²) < 4.78 is 16.5. The summed E-state index contributed by atoms with van der Waals surface area (Å²) in [5.74, 6) is 0.748. The second-order valence-electron chi connectivity index (χ2n) is 9.08. The standard InChI is InChI=1S/C30H34Cl2N2O5/c1-5-20(2)33-30(36)28(14-21-10-7-6-8-11-21)34(18-25-26(31)12-9-13-27(25)32)29(35)19-39-24-16-22(37-3)15-23(17-24)38-4/h6-13,15-17,20,28H,5,14,18-19H2,1-4H3,(H,33,36)/t20-,28+/m0/s1. The van der Waals surface area contributed by atoms with Crippen LogP contribution in [0, 0.1) is 0 Å². The van der Waals surface area contributed by atoms with Crippen LogP contribution in [-0.2, 0) is 22.6 Å². The van der Waals surface area contributed by atoms with E-state index in [4.69, 9.17) is 37.4 Å². The van der Waals surface area contributed by atoms with Gasteiger partial charge in [0.2, 0.25) is 5.91 Å². The van der Waals surface area contributed by atoms with Crippen molar-refractivity contribution in [2.45, 2.75) is 45.3 Å². The molecule has 2 amide bonds. The van der Waals surface area contributed by atoms with Crippen LogP contribution in [0.1, 0.15) is 31.4 Å². The van der Waals surface area contributed by atoms with E-state index >= 15 is 0 Å². The Hall–Kier alpha value is -3.42. The third kappa shape index (κ3) is 8.53. The predicted molar refractivity (Wildman–Crippen MR) is 154 cm³/mol. The Labute approximate surface area is 240 Å². The second-order valence-corrected chi connectivity index (χ2v) is 9.90. The van der Waals surface area contributed by atoms with Crippen molar-refractivity contribution in [2.24, 2.45) is 0 Å². The molecule has 0 aliphatic rings. The summed E-state index contributed by atoms with van der Waals surface area (Å²) in [5.41, 5.74) is 1.45. The number of hydrogen-bond donors (Lipinski definition) is 1. The third-order valence-electron chi connectivity index (χ3n) is 6.35. The fourth-order valence-electron chi connectivity index (χ4n) is 3.94. The number of ether oxygens (including phenoxy) is 3. The number of carbonyl (C=O) groups is 2. The molecule has 3 aromatic rings. The molecular formula is C30H34Cl2N2O5. The highest BCUT2D eigenvalue weighted by atomic mass is 35.5. The number of hydrogen-bond acceptors (Lipinski definition) is 5. The van der Waals surface area contributed by atoms with Gasteiger partial charge in [0.25, 0.3) is 5.91 Å². The van der Waals surface area contributed by atoms with Crippen molar-refractivity contribution in [1.29, 1.82) is 0 Å². The van der Waals surface area contributed by atoms with Crippen LogP contribution in [0.3, 0.4) is 0 Å². The highest BCUT2D eigenvalue weighted by Gasteiger charge is 2.32. The van der Waals surface area contributed by atoms with Gasteiger partial charge < -0.3 is 24.4 Å². The van der Waals surface area contributed by atoms with Crippen LogP contribution in [0.4, 0.5) is 0 Å². The molecule has 0 spiro atoms. The van der Waals surface area contributed by atoms with Crippen LogP contribution in [0.2, 0.25) is 10.0 Å². The molecule has 3 rings (SSSR count). The van der Waals surface area contributed by atoms with Crippen LogP contribution in [0.15, 0.2) is 66.7 Å². The first kappa shape index (κ1) is 30.1. The van der Waals surface area contributed by atoms with E-state index in [9.17, 15) is 9.59 Å². The topological polar surface area (TPSA) is 77.1 Å². The largest absolute Gasteiger partial charge is 0.496 e. The van der Waals surface area contributed by atoms with Crippen LogP contribution in [0.5, 0.6) is 17.2 Å². The summed E-state index contributed by atoms with van der Waals surface area (Å²) in [6.45, 7) is 3.60. The van der Waals surface area contributed by atoms with Gasteiger partial charge in [-0.15, -0.1) is 0 Å². The van der Waals surface area contributed by atoms with E-state index in [1.54, 1.807) is 36.4 Å². The molecule has 3 aromatic carbocycles. The average molecular weight is 574 g/mol.